The summed E-state index contributed by atoms with van der Waals surface area (Å²) in [7, 11) is 0. The number of hydrogen-bond donors (Lipinski definition) is 1. The first-order chi connectivity index (χ1) is 9.02. The van der Waals surface area contributed by atoms with E-state index in [1.165, 1.54) is 0 Å². The van der Waals surface area contributed by atoms with Gasteiger partial charge >= 0.3 is 0 Å². The number of nitrogens with zero attached hydrogens (tertiary/aromatic N) is 1. The molecule has 19 heavy (non-hydrogen) atoms. The third-order valence-corrected chi connectivity index (χ3v) is 4.35. The molecule has 0 saturated carbocycles. The average molecular weight is 358 g/mol. The van der Waals surface area contributed by atoms with E-state index < -0.39 is 22.5 Å². The molecule has 0 spiro atoms. The van der Waals surface area contributed by atoms with Gasteiger partial charge in [-0.2, -0.15) is 0 Å². The zero-order chi connectivity index (χ0) is 14.0. The minimum absolute atomic E-state index is 0.00191. The molecule has 0 unspecified atom stereocenters. The molecule has 0 aliphatic carbocycles. The second-order valence-electron chi connectivity index (χ2n) is 4.39. The largest absolute Gasteiger partial charge is 0.314 e. The lowest BCUT2D eigenvalue weighted by Gasteiger charge is -2.27. The monoisotopic (exact) mass is 356 g/mol. The number of rotatable bonds is 3. The molecule has 1 aromatic carbocycles. The van der Waals surface area contributed by atoms with Crippen molar-refractivity contribution in [2.45, 2.75) is 6.42 Å². The molecule has 1 heterocycles. The molecule has 1 N–H and O–H groups in total. The van der Waals surface area contributed by atoms with Gasteiger partial charge in [0.2, 0.25) is 0 Å². The Hall–Kier alpha value is -0.300. The molecule has 2 nitrogen and oxygen atoms in total. The van der Waals surface area contributed by atoms with Crippen molar-refractivity contribution in [1.29, 1.82) is 0 Å². The van der Waals surface area contributed by atoms with E-state index in [1.807, 2.05) is 0 Å². The SMILES string of the molecule is Fc1c(F)c(CCN2CCNCC2)c(Br)c(F)c1Cl. The van der Waals surface area contributed by atoms with Crippen LogP contribution < -0.4 is 5.32 Å². The van der Waals surface area contributed by atoms with Gasteiger partial charge in [0.25, 0.3) is 0 Å². The zero-order valence-electron chi connectivity index (χ0n) is 10.1. The van der Waals surface area contributed by atoms with Crippen molar-refractivity contribution in [1.82, 2.24) is 10.2 Å². The van der Waals surface area contributed by atoms with Gasteiger partial charge in [0.1, 0.15) is 5.02 Å². The molecule has 1 fully saturated rings. The molecule has 2 rings (SSSR count). The number of nitrogens with one attached hydrogen (secondary N) is 1. The fraction of sp³-hybridized carbons (Fsp3) is 0.500. The first-order valence-electron chi connectivity index (χ1n) is 5.95. The van der Waals surface area contributed by atoms with Crippen LogP contribution in [0.2, 0.25) is 5.02 Å². The van der Waals surface area contributed by atoms with E-state index in [0.717, 1.165) is 26.2 Å². The Labute approximate surface area is 123 Å². The second-order valence-corrected chi connectivity index (χ2v) is 5.56. The van der Waals surface area contributed by atoms with Crippen LogP contribution in [0.15, 0.2) is 4.47 Å². The molecule has 0 atom stereocenters. The Kier molecular flexibility index (Phi) is 5.11. The van der Waals surface area contributed by atoms with Crippen LogP contribution in [-0.2, 0) is 6.42 Å². The van der Waals surface area contributed by atoms with E-state index in [2.05, 4.69) is 26.1 Å². The normalized spacial score (nSPS) is 16.9. The van der Waals surface area contributed by atoms with Gasteiger partial charge in [0, 0.05) is 38.3 Å². The molecule has 7 heteroatoms. The Morgan fingerprint density at radius 2 is 1.74 bits per heavy atom. The van der Waals surface area contributed by atoms with Crippen LogP contribution in [0.1, 0.15) is 5.56 Å². The molecular weight excluding hydrogens is 344 g/mol. The third-order valence-electron chi connectivity index (χ3n) is 3.19. The van der Waals surface area contributed by atoms with Crippen LogP contribution in [0, 0.1) is 17.5 Å². The summed E-state index contributed by atoms with van der Waals surface area (Å²) in [5.74, 6) is -3.35. The van der Waals surface area contributed by atoms with Crippen LogP contribution in [-0.4, -0.2) is 37.6 Å². The Balaban J connectivity index is 2.15. The van der Waals surface area contributed by atoms with E-state index in [1.54, 1.807) is 0 Å². The summed E-state index contributed by atoms with van der Waals surface area (Å²) in [6.45, 7) is 3.98. The predicted octanol–water partition coefficient (Wildman–Crippen LogP) is 2.97. The molecule has 0 amide bonds. The van der Waals surface area contributed by atoms with Crippen molar-refractivity contribution in [2.75, 3.05) is 32.7 Å². The number of benzene rings is 1. The summed E-state index contributed by atoms with van der Waals surface area (Å²) in [6, 6.07) is 0. The highest BCUT2D eigenvalue weighted by Crippen LogP contribution is 2.32. The predicted molar refractivity (Wildman–Crippen MR) is 72.0 cm³/mol. The zero-order valence-corrected chi connectivity index (χ0v) is 12.4. The van der Waals surface area contributed by atoms with Crippen LogP contribution in [0.25, 0.3) is 0 Å². The summed E-state index contributed by atoms with van der Waals surface area (Å²) < 4.78 is 40.7. The minimum Gasteiger partial charge on any atom is -0.314 e. The van der Waals surface area contributed by atoms with E-state index >= 15 is 0 Å². The molecule has 1 aliphatic heterocycles. The van der Waals surface area contributed by atoms with Gasteiger partial charge in [0.15, 0.2) is 17.5 Å². The molecule has 0 aromatic heterocycles. The van der Waals surface area contributed by atoms with Crippen LogP contribution in [0.4, 0.5) is 13.2 Å². The van der Waals surface area contributed by atoms with Crippen molar-refractivity contribution in [3.63, 3.8) is 0 Å². The van der Waals surface area contributed by atoms with E-state index in [9.17, 15) is 13.2 Å². The summed E-state index contributed by atoms with van der Waals surface area (Å²) >= 11 is 8.31. The summed E-state index contributed by atoms with van der Waals surface area (Å²) in [5.41, 5.74) is -0.00191. The van der Waals surface area contributed by atoms with E-state index in [0.29, 0.717) is 6.54 Å². The number of halogens is 5. The molecule has 1 aliphatic rings. The van der Waals surface area contributed by atoms with Crippen LogP contribution in [0.5, 0.6) is 0 Å². The molecule has 1 saturated heterocycles. The molecule has 1 aromatic rings. The van der Waals surface area contributed by atoms with Gasteiger partial charge in [-0.25, -0.2) is 13.2 Å². The van der Waals surface area contributed by atoms with Gasteiger partial charge in [-0.1, -0.05) is 11.6 Å². The summed E-state index contributed by atoms with van der Waals surface area (Å²) in [4.78, 5) is 2.12. The van der Waals surface area contributed by atoms with Gasteiger partial charge in [0.05, 0.1) is 4.47 Å². The molecular formula is C12H13BrClF3N2. The van der Waals surface area contributed by atoms with Crippen molar-refractivity contribution < 1.29 is 13.2 Å². The minimum atomic E-state index is -1.32. The van der Waals surface area contributed by atoms with Crippen LogP contribution >= 0.6 is 27.5 Å². The van der Waals surface area contributed by atoms with Gasteiger partial charge in [-0.05, 0) is 22.4 Å². The number of hydrogen-bond acceptors (Lipinski definition) is 2. The van der Waals surface area contributed by atoms with Crippen molar-refractivity contribution in [3.05, 3.63) is 32.5 Å². The third kappa shape index (κ3) is 3.24. The highest BCUT2D eigenvalue weighted by molar-refractivity contribution is 9.10. The second kappa shape index (κ2) is 6.43. The van der Waals surface area contributed by atoms with Gasteiger partial charge in [-0.3, -0.25) is 0 Å². The quantitative estimate of drug-likeness (QED) is 0.661. The molecule has 0 radical (unpaired) electrons. The first-order valence-corrected chi connectivity index (χ1v) is 7.13. The highest BCUT2D eigenvalue weighted by atomic mass is 79.9. The molecule has 0 bridgehead atoms. The van der Waals surface area contributed by atoms with Crippen molar-refractivity contribution in [2.24, 2.45) is 0 Å². The topological polar surface area (TPSA) is 15.3 Å². The fourth-order valence-electron chi connectivity index (χ4n) is 2.07. The first kappa shape index (κ1) is 15.1. The smallest absolute Gasteiger partial charge is 0.180 e. The maximum absolute atomic E-state index is 13.8. The van der Waals surface area contributed by atoms with E-state index in [-0.39, 0.29) is 16.5 Å². The maximum atomic E-state index is 13.8. The maximum Gasteiger partial charge on any atom is 0.180 e. The van der Waals surface area contributed by atoms with Crippen LogP contribution in [0.3, 0.4) is 0 Å². The Morgan fingerprint density at radius 1 is 1.11 bits per heavy atom. The number of piperazine rings is 1. The van der Waals surface area contributed by atoms with E-state index in [4.69, 9.17) is 11.6 Å². The fourth-order valence-corrected chi connectivity index (χ4v) is 2.94. The molecule has 106 valence electrons. The van der Waals surface area contributed by atoms with Gasteiger partial charge in [-0.15, -0.1) is 0 Å². The Bertz CT molecular complexity index is 450. The lowest BCUT2D eigenvalue weighted by atomic mass is 10.1. The lowest BCUT2D eigenvalue weighted by Crippen LogP contribution is -2.44. The lowest BCUT2D eigenvalue weighted by molar-refractivity contribution is 0.242. The van der Waals surface area contributed by atoms with Crippen molar-refractivity contribution >= 4 is 27.5 Å². The van der Waals surface area contributed by atoms with Gasteiger partial charge < -0.3 is 10.2 Å². The summed E-state index contributed by atoms with van der Waals surface area (Å²) in [5, 5.41) is 2.39. The van der Waals surface area contributed by atoms with Crippen molar-refractivity contribution in [3.8, 4) is 0 Å². The standard InChI is InChI=1S/C12H13BrClF3N2/c13-8-7(1-4-19-5-2-18-3-6-19)10(15)12(17)9(14)11(8)16/h18H,1-6H2. The average Bonchev–Trinajstić information content (AvgIpc) is 2.44. The Morgan fingerprint density at radius 3 is 2.37 bits per heavy atom. The highest BCUT2D eigenvalue weighted by Gasteiger charge is 2.23. The summed E-state index contributed by atoms with van der Waals surface area (Å²) in [6.07, 6.45) is 0.234.